The third-order valence-corrected chi connectivity index (χ3v) is 2.19. The predicted octanol–water partition coefficient (Wildman–Crippen LogP) is 1.07. The molecule has 18 heavy (non-hydrogen) atoms. The monoisotopic (exact) mass is 260 g/mol. The van der Waals surface area contributed by atoms with Crippen LogP contribution in [0.3, 0.4) is 0 Å². The summed E-state index contributed by atoms with van der Waals surface area (Å²) in [6.45, 7) is 4.76. The first-order valence-electron chi connectivity index (χ1n) is 5.82. The summed E-state index contributed by atoms with van der Waals surface area (Å²) in [6, 6.07) is 0. The van der Waals surface area contributed by atoms with Crippen molar-refractivity contribution < 1.29 is 28.6 Å². The van der Waals surface area contributed by atoms with Gasteiger partial charge in [-0.05, 0) is 18.8 Å². The van der Waals surface area contributed by atoms with Gasteiger partial charge in [-0.3, -0.25) is 14.4 Å². The highest BCUT2D eigenvalue weighted by molar-refractivity contribution is 5.66. The van der Waals surface area contributed by atoms with E-state index in [0.29, 0.717) is 12.8 Å². The first-order valence-corrected chi connectivity index (χ1v) is 5.82. The molecule has 0 unspecified atom stereocenters. The molecule has 0 aliphatic heterocycles. The summed E-state index contributed by atoms with van der Waals surface area (Å²) in [5, 5.41) is 0. The van der Waals surface area contributed by atoms with E-state index in [1.807, 2.05) is 0 Å². The molecule has 104 valence electrons. The fourth-order valence-corrected chi connectivity index (χ4v) is 1.28. The van der Waals surface area contributed by atoms with Crippen LogP contribution in [0, 0.1) is 5.92 Å². The molecule has 0 saturated heterocycles. The topological polar surface area (TPSA) is 78.9 Å². The Morgan fingerprint density at radius 2 is 1.17 bits per heavy atom. The van der Waals surface area contributed by atoms with Gasteiger partial charge in [-0.1, -0.05) is 0 Å². The Morgan fingerprint density at radius 3 is 1.50 bits per heavy atom. The smallest absolute Gasteiger partial charge is 0.302 e. The van der Waals surface area contributed by atoms with Crippen LogP contribution in [0.4, 0.5) is 0 Å². The Bertz CT molecular complexity index is 266. The highest BCUT2D eigenvalue weighted by Crippen LogP contribution is 2.10. The first-order chi connectivity index (χ1) is 8.41. The van der Waals surface area contributed by atoms with Gasteiger partial charge < -0.3 is 14.2 Å². The standard InChI is InChI=1S/C12H20O6/c1-9(13)16-6-4-12(8-18-11(3)15)5-7-17-10(2)14/h12H,4-8H2,1-3H3. The quantitative estimate of drug-likeness (QED) is 0.480. The molecule has 0 aliphatic rings. The van der Waals surface area contributed by atoms with Gasteiger partial charge in [0.15, 0.2) is 0 Å². The van der Waals surface area contributed by atoms with Crippen molar-refractivity contribution >= 4 is 17.9 Å². The highest BCUT2D eigenvalue weighted by Gasteiger charge is 2.12. The van der Waals surface area contributed by atoms with Gasteiger partial charge in [-0.25, -0.2) is 0 Å². The van der Waals surface area contributed by atoms with Gasteiger partial charge >= 0.3 is 17.9 Å². The Morgan fingerprint density at radius 1 is 0.778 bits per heavy atom. The number of carbonyl (C=O) groups excluding carboxylic acids is 3. The minimum absolute atomic E-state index is 0.00704. The van der Waals surface area contributed by atoms with Gasteiger partial charge in [-0.15, -0.1) is 0 Å². The maximum absolute atomic E-state index is 10.7. The largest absolute Gasteiger partial charge is 0.466 e. The van der Waals surface area contributed by atoms with Gasteiger partial charge in [0.1, 0.15) is 0 Å². The number of carbonyl (C=O) groups is 3. The van der Waals surface area contributed by atoms with Crippen LogP contribution in [0.25, 0.3) is 0 Å². The number of hydrogen-bond acceptors (Lipinski definition) is 6. The van der Waals surface area contributed by atoms with Crippen molar-refractivity contribution in [3.8, 4) is 0 Å². The lowest BCUT2D eigenvalue weighted by molar-refractivity contribution is -0.146. The average molecular weight is 260 g/mol. The molecule has 0 bridgehead atoms. The van der Waals surface area contributed by atoms with Crippen LogP contribution >= 0.6 is 0 Å². The molecule has 0 aromatic heterocycles. The molecular formula is C12H20O6. The second-order valence-electron chi connectivity index (χ2n) is 3.93. The van der Waals surface area contributed by atoms with E-state index in [1.54, 1.807) is 0 Å². The normalized spacial score (nSPS) is 10.0. The summed E-state index contributed by atoms with van der Waals surface area (Å²) < 4.78 is 14.5. The minimum atomic E-state index is -0.361. The van der Waals surface area contributed by atoms with E-state index in [1.165, 1.54) is 20.8 Å². The molecule has 0 N–H and O–H groups in total. The lowest BCUT2D eigenvalue weighted by atomic mass is 10.0. The second kappa shape index (κ2) is 9.44. The van der Waals surface area contributed by atoms with Gasteiger partial charge in [0, 0.05) is 20.8 Å². The van der Waals surface area contributed by atoms with Gasteiger partial charge in [0.2, 0.25) is 0 Å². The van der Waals surface area contributed by atoms with E-state index in [2.05, 4.69) is 0 Å². The van der Waals surface area contributed by atoms with E-state index < -0.39 is 0 Å². The van der Waals surface area contributed by atoms with Crippen LogP contribution in [0.2, 0.25) is 0 Å². The number of esters is 3. The molecule has 6 heteroatoms. The number of ether oxygens (including phenoxy) is 3. The zero-order valence-corrected chi connectivity index (χ0v) is 11.1. The molecule has 6 nitrogen and oxygen atoms in total. The van der Waals surface area contributed by atoms with E-state index in [4.69, 9.17) is 14.2 Å². The van der Waals surface area contributed by atoms with Crippen molar-refractivity contribution in [3.05, 3.63) is 0 Å². The molecule has 0 aromatic carbocycles. The van der Waals surface area contributed by atoms with Crippen molar-refractivity contribution in [1.29, 1.82) is 0 Å². The first kappa shape index (κ1) is 16.4. The van der Waals surface area contributed by atoms with Crippen LogP contribution < -0.4 is 0 Å². The molecule has 0 rings (SSSR count). The van der Waals surface area contributed by atoms with Crippen LogP contribution in [0.5, 0.6) is 0 Å². The van der Waals surface area contributed by atoms with Crippen molar-refractivity contribution in [2.24, 2.45) is 5.92 Å². The fourth-order valence-electron chi connectivity index (χ4n) is 1.28. The third-order valence-electron chi connectivity index (χ3n) is 2.19. The average Bonchev–Trinajstić information content (AvgIpc) is 2.24. The van der Waals surface area contributed by atoms with Crippen molar-refractivity contribution in [2.75, 3.05) is 19.8 Å². The highest BCUT2D eigenvalue weighted by atomic mass is 16.5. The summed E-state index contributed by atoms with van der Waals surface area (Å²) in [5.74, 6) is -1.05. The molecule has 0 spiro atoms. The molecule has 0 aromatic rings. The van der Waals surface area contributed by atoms with Crippen LogP contribution in [0.1, 0.15) is 33.6 Å². The van der Waals surface area contributed by atoms with Crippen LogP contribution in [0.15, 0.2) is 0 Å². The number of rotatable bonds is 8. The lowest BCUT2D eigenvalue weighted by Gasteiger charge is -2.16. The van der Waals surface area contributed by atoms with Crippen molar-refractivity contribution in [3.63, 3.8) is 0 Å². The Labute approximate surface area is 107 Å². The maximum atomic E-state index is 10.7. The van der Waals surface area contributed by atoms with Gasteiger partial charge in [0.25, 0.3) is 0 Å². The molecule has 0 radical (unpaired) electrons. The van der Waals surface area contributed by atoms with Crippen LogP contribution in [-0.4, -0.2) is 37.7 Å². The van der Waals surface area contributed by atoms with Gasteiger partial charge in [-0.2, -0.15) is 0 Å². The molecule has 0 fully saturated rings. The van der Waals surface area contributed by atoms with Gasteiger partial charge in [0.05, 0.1) is 19.8 Å². The third kappa shape index (κ3) is 10.9. The predicted molar refractivity (Wildman–Crippen MR) is 62.6 cm³/mol. The Kier molecular flexibility index (Phi) is 8.61. The van der Waals surface area contributed by atoms with Crippen molar-refractivity contribution in [2.45, 2.75) is 33.6 Å². The molecular weight excluding hydrogens is 240 g/mol. The minimum Gasteiger partial charge on any atom is -0.466 e. The Hall–Kier alpha value is -1.59. The molecule has 0 aliphatic carbocycles. The van der Waals surface area contributed by atoms with E-state index in [-0.39, 0.29) is 43.6 Å². The lowest BCUT2D eigenvalue weighted by Crippen LogP contribution is -2.18. The second-order valence-corrected chi connectivity index (χ2v) is 3.93. The van der Waals surface area contributed by atoms with Crippen molar-refractivity contribution in [1.82, 2.24) is 0 Å². The molecule has 0 saturated carbocycles. The SMILES string of the molecule is CC(=O)OCCC(CCOC(C)=O)COC(C)=O. The summed E-state index contributed by atoms with van der Waals surface area (Å²) in [7, 11) is 0. The molecule has 0 atom stereocenters. The number of hydrogen-bond donors (Lipinski definition) is 0. The summed E-state index contributed by atoms with van der Waals surface area (Å²) in [4.78, 5) is 32.0. The molecule has 0 amide bonds. The van der Waals surface area contributed by atoms with E-state index >= 15 is 0 Å². The summed E-state index contributed by atoms with van der Waals surface area (Å²) >= 11 is 0. The maximum Gasteiger partial charge on any atom is 0.302 e. The zero-order chi connectivity index (χ0) is 14.0. The van der Waals surface area contributed by atoms with Crippen LogP contribution in [-0.2, 0) is 28.6 Å². The zero-order valence-electron chi connectivity index (χ0n) is 11.1. The molecule has 0 heterocycles. The van der Waals surface area contributed by atoms with E-state index in [9.17, 15) is 14.4 Å². The Balaban J connectivity index is 3.94. The summed E-state index contributed by atoms with van der Waals surface area (Å²) in [6.07, 6.45) is 1.13. The summed E-state index contributed by atoms with van der Waals surface area (Å²) in [5.41, 5.74) is 0. The fraction of sp³-hybridized carbons (Fsp3) is 0.750. The van der Waals surface area contributed by atoms with E-state index in [0.717, 1.165) is 0 Å².